The first-order chi connectivity index (χ1) is 8.43. The second kappa shape index (κ2) is 7.26. The molecule has 0 aromatic heterocycles. The average Bonchev–Trinajstić information content (AvgIpc) is 2.25. The van der Waals surface area contributed by atoms with E-state index in [4.69, 9.17) is 23.2 Å². The van der Waals surface area contributed by atoms with Gasteiger partial charge >= 0.3 is 0 Å². The normalized spacial score (nSPS) is 10.8. The summed E-state index contributed by atoms with van der Waals surface area (Å²) in [5.41, 5.74) is 0.203. The van der Waals surface area contributed by atoms with Crippen molar-refractivity contribution in [1.82, 2.24) is 4.90 Å². The van der Waals surface area contributed by atoms with Crippen LogP contribution in [0.3, 0.4) is 0 Å². The molecular weight excluding hydrogens is 351 g/mol. The summed E-state index contributed by atoms with van der Waals surface area (Å²) < 4.78 is 24.8. The van der Waals surface area contributed by atoms with E-state index in [1.807, 2.05) is 0 Å². The lowest BCUT2D eigenvalue weighted by molar-refractivity contribution is 0.0572. The molecular formula is C11H10BrCl2F2NO. The van der Waals surface area contributed by atoms with Crippen molar-refractivity contribution >= 4 is 45.0 Å². The number of amides is 1. The van der Waals surface area contributed by atoms with Gasteiger partial charge in [0.25, 0.3) is 12.3 Å². The zero-order chi connectivity index (χ0) is 13.7. The van der Waals surface area contributed by atoms with Crippen LogP contribution in [0.1, 0.15) is 10.4 Å². The Bertz CT molecular complexity index is 411. The predicted molar refractivity (Wildman–Crippen MR) is 72.2 cm³/mol. The van der Waals surface area contributed by atoms with Crippen LogP contribution >= 0.6 is 39.1 Å². The predicted octanol–water partition coefficient (Wildman–Crippen LogP) is 4.10. The number of carbonyl (C=O) groups excluding carboxylic acids is 1. The number of halogens is 5. The third kappa shape index (κ3) is 4.71. The van der Waals surface area contributed by atoms with Gasteiger partial charge in [-0.1, -0.05) is 39.1 Å². The molecule has 0 N–H and O–H groups in total. The molecule has 0 unspecified atom stereocenters. The minimum Gasteiger partial charge on any atom is -0.332 e. The van der Waals surface area contributed by atoms with Crippen molar-refractivity contribution < 1.29 is 13.6 Å². The third-order valence-electron chi connectivity index (χ3n) is 2.11. The number of benzene rings is 1. The second-order valence-electron chi connectivity index (χ2n) is 3.49. The van der Waals surface area contributed by atoms with Crippen molar-refractivity contribution in [1.29, 1.82) is 0 Å². The van der Waals surface area contributed by atoms with Crippen LogP contribution in [0, 0.1) is 0 Å². The summed E-state index contributed by atoms with van der Waals surface area (Å²) in [6, 6.07) is 4.28. The molecule has 0 atom stereocenters. The first-order valence-electron chi connectivity index (χ1n) is 5.03. The highest BCUT2D eigenvalue weighted by atomic mass is 79.9. The summed E-state index contributed by atoms with van der Waals surface area (Å²) in [5, 5.41) is 1.00. The van der Waals surface area contributed by atoms with Crippen LogP contribution in [0.4, 0.5) is 8.78 Å². The van der Waals surface area contributed by atoms with Gasteiger partial charge in [0.1, 0.15) is 0 Å². The average molecular weight is 361 g/mol. The van der Waals surface area contributed by atoms with Crippen LogP contribution in [0.5, 0.6) is 0 Å². The number of nitrogens with zero attached hydrogens (tertiary/aromatic N) is 1. The molecule has 100 valence electrons. The topological polar surface area (TPSA) is 20.3 Å². The largest absolute Gasteiger partial charge is 0.332 e. The fourth-order valence-electron chi connectivity index (χ4n) is 1.40. The molecule has 0 saturated heterocycles. The molecule has 1 amide bonds. The van der Waals surface area contributed by atoms with Gasteiger partial charge in [-0.05, 0) is 18.2 Å². The van der Waals surface area contributed by atoms with Crippen molar-refractivity contribution in [3.05, 3.63) is 33.8 Å². The minimum absolute atomic E-state index is 0.188. The van der Waals surface area contributed by atoms with E-state index in [1.54, 1.807) is 0 Å². The van der Waals surface area contributed by atoms with Crippen LogP contribution in [-0.4, -0.2) is 35.7 Å². The Hall–Kier alpha value is -0.390. The van der Waals surface area contributed by atoms with E-state index in [-0.39, 0.29) is 12.1 Å². The zero-order valence-electron chi connectivity index (χ0n) is 9.18. The van der Waals surface area contributed by atoms with Crippen LogP contribution in [0.15, 0.2) is 18.2 Å². The van der Waals surface area contributed by atoms with E-state index < -0.39 is 18.9 Å². The van der Waals surface area contributed by atoms with Gasteiger partial charge in [0.2, 0.25) is 0 Å². The second-order valence-corrected chi connectivity index (χ2v) is 5.16. The molecule has 7 heteroatoms. The molecule has 0 fully saturated rings. The van der Waals surface area contributed by atoms with Crippen LogP contribution in [0.25, 0.3) is 0 Å². The summed E-state index contributed by atoms with van der Waals surface area (Å²) in [6.45, 7) is -0.429. The van der Waals surface area contributed by atoms with Crippen molar-refractivity contribution in [2.75, 3.05) is 18.4 Å². The number of hydrogen-bond donors (Lipinski definition) is 0. The fraction of sp³-hybridized carbons (Fsp3) is 0.364. The smallest absolute Gasteiger partial charge is 0.255 e. The molecule has 0 aliphatic rings. The van der Waals surface area contributed by atoms with Crippen LogP contribution in [-0.2, 0) is 0 Å². The molecule has 0 saturated carbocycles. The van der Waals surface area contributed by atoms with Gasteiger partial charge in [-0.3, -0.25) is 4.79 Å². The Morgan fingerprint density at radius 1 is 1.28 bits per heavy atom. The molecule has 0 aliphatic carbocycles. The molecule has 0 radical (unpaired) electrons. The highest BCUT2D eigenvalue weighted by Gasteiger charge is 2.19. The van der Waals surface area contributed by atoms with E-state index in [2.05, 4.69) is 15.9 Å². The van der Waals surface area contributed by atoms with E-state index in [0.29, 0.717) is 15.4 Å². The summed E-state index contributed by atoms with van der Waals surface area (Å²) in [7, 11) is 0. The van der Waals surface area contributed by atoms with Gasteiger partial charge < -0.3 is 4.90 Å². The lowest BCUT2D eigenvalue weighted by atomic mass is 10.2. The Balaban J connectivity index is 2.93. The van der Waals surface area contributed by atoms with Gasteiger partial charge in [-0.15, -0.1) is 0 Å². The standard InChI is InChI=1S/C11H10BrCl2F2NO/c12-1-2-17(6-10(15)16)11(18)7-3-8(13)5-9(14)4-7/h3-5,10H,1-2,6H2. The molecule has 1 aromatic carbocycles. The van der Waals surface area contributed by atoms with Crippen molar-refractivity contribution in [2.24, 2.45) is 0 Å². The monoisotopic (exact) mass is 359 g/mol. The number of carbonyl (C=O) groups is 1. The SMILES string of the molecule is O=C(c1cc(Cl)cc(Cl)c1)N(CCBr)CC(F)F. The summed E-state index contributed by atoms with van der Waals surface area (Å²) >= 11 is 14.7. The maximum Gasteiger partial charge on any atom is 0.255 e. The lowest BCUT2D eigenvalue weighted by Crippen LogP contribution is -2.36. The van der Waals surface area contributed by atoms with E-state index in [0.717, 1.165) is 4.90 Å². The Kier molecular flexibility index (Phi) is 6.32. The number of alkyl halides is 3. The van der Waals surface area contributed by atoms with Crippen LogP contribution < -0.4 is 0 Å². The quantitative estimate of drug-likeness (QED) is 0.724. The number of rotatable bonds is 5. The Labute approximate surface area is 122 Å². The molecule has 0 spiro atoms. The molecule has 2 nitrogen and oxygen atoms in total. The summed E-state index contributed by atoms with van der Waals surface area (Å²) in [6.07, 6.45) is -2.58. The van der Waals surface area contributed by atoms with Gasteiger partial charge in [0.05, 0.1) is 6.54 Å². The Morgan fingerprint density at radius 3 is 2.28 bits per heavy atom. The van der Waals surface area contributed by atoms with E-state index >= 15 is 0 Å². The summed E-state index contributed by atoms with van der Waals surface area (Å²) in [5.74, 6) is -0.515. The molecule has 0 bridgehead atoms. The van der Waals surface area contributed by atoms with Crippen molar-refractivity contribution in [3.63, 3.8) is 0 Å². The molecule has 1 rings (SSSR count). The highest BCUT2D eigenvalue weighted by Crippen LogP contribution is 2.20. The molecule has 0 aliphatic heterocycles. The van der Waals surface area contributed by atoms with E-state index in [9.17, 15) is 13.6 Å². The first-order valence-corrected chi connectivity index (χ1v) is 6.91. The first kappa shape index (κ1) is 15.7. The molecule has 1 aromatic rings. The van der Waals surface area contributed by atoms with Crippen molar-refractivity contribution in [3.8, 4) is 0 Å². The summed E-state index contributed by atoms with van der Waals surface area (Å²) in [4.78, 5) is 13.1. The lowest BCUT2D eigenvalue weighted by Gasteiger charge is -2.21. The maximum atomic E-state index is 12.4. The molecule has 0 heterocycles. The van der Waals surface area contributed by atoms with Crippen LogP contribution in [0.2, 0.25) is 10.0 Å². The van der Waals surface area contributed by atoms with Crippen molar-refractivity contribution in [2.45, 2.75) is 6.43 Å². The fourth-order valence-corrected chi connectivity index (χ4v) is 2.36. The van der Waals surface area contributed by atoms with Gasteiger partial charge in [-0.25, -0.2) is 8.78 Å². The Morgan fingerprint density at radius 2 is 1.83 bits per heavy atom. The van der Waals surface area contributed by atoms with Gasteiger partial charge in [-0.2, -0.15) is 0 Å². The molecule has 18 heavy (non-hydrogen) atoms. The minimum atomic E-state index is -2.58. The van der Waals surface area contributed by atoms with E-state index in [1.165, 1.54) is 18.2 Å². The highest BCUT2D eigenvalue weighted by molar-refractivity contribution is 9.09. The number of hydrogen-bond acceptors (Lipinski definition) is 1. The van der Waals surface area contributed by atoms with Gasteiger partial charge in [0, 0.05) is 27.5 Å². The third-order valence-corrected chi connectivity index (χ3v) is 2.90. The maximum absolute atomic E-state index is 12.4. The van der Waals surface area contributed by atoms with Gasteiger partial charge in [0.15, 0.2) is 0 Å². The zero-order valence-corrected chi connectivity index (χ0v) is 12.3.